The van der Waals surface area contributed by atoms with Crippen LogP contribution in [0.15, 0.2) is 200 Å². The van der Waals surface area contributed by atoms with Gasteiger partial charge < -0.3 is 4.90 Å². The Morgan fingerprint density at radius 2 is 1.14 bits per heavy atom. The highest BCUT2D eigenvalue weighted by Gasteiger charge is 2.38. The molecule has 2 aliphatic rings. The smallest absolute Gasteiger partial charge is 0.147 e. The van der Waals surface area contributed by atoms with E-state index in [4.69, 9.17) is 20.6 Å². The molecule has 9 aromatic carbocycles. The van der Waals surface area contributed by atoms with Crippen LogP contribution in [-0.2, 0) is 5.41 Å². The summed E-state index contributed by atoms with van der Waals surface area (Å²) in [5, 5.41) is 1.84. The lowest BCUT2D eigenvalue weighted by Crippen LogP contribution is -2.32. The third-order valence-corrected chi connectivity index (χ3v) is 11.4. The average Bonchev–Trinajstić information content (AvgIpc) is 1.65. The van der Waals surface area contributed by atoms with Crippen molar-refractivity contribution in [3.05, 3.63) is 211 Å². The van der Waals surface area contributed by atoms with E-state index in [1.165, 1.54) is 17.7 Å². The lowest BCUT2D eigenvalue weighted by molar-refractivity contribution is 0.568. The number of benzene rings is 9. The molecule has 11 rings (SSSR count). The molecule has 0 atom stereocenters. The molecule has 1 aliphatic heterocycles. The molecule has 1 aliphatic carbocycles. The van der Waals surface area contributed by atoms with Gasteiger partial charge in [-0.05, 0) is 115 Å². The minimum absolute atomic E-state index is 0.142. The van der Waals surface area contributed by atoms with Gasteiger partial charge in [-0.1, -0.05) is 153 Å². The molecule has 0 fully saturated rings. The third kappa shape index (κ3) is 5.52. The van der Waals surface area contributed by atoms with Crippen molar-refractivity contribution < 1.29 is 30.2 Å². The number of hydrogen-bond donors (Lipinski definition) is 0. The van der Waals surface area contributed by atoms with Gasteiger partial charge >= 0.3 is 0 Å². The van der Waals surface area contributed by atoms with E-state index in [0.29, 0.717) is 5.56 Å². The summed E-state index contributed by atoms with van der Waals surface area (Å²) < 4.78 is 196. The molecule has 0 bridgehead atoms. The Bertz CT molecular complexity index is 4190. The molecule has 1 heterocycles. The van der Waals surface area contributed by atoms with Gasteiger partial charge in [0.15, 0.2) is 0 Å². The zero-order valence-corrected chi connectivity index (χ0v) is 31.7. The lowest BCUT2D eigenvalue weighted by atomic mass is 9.81. The number of rotatable bonds is 6. The third-order valence-electron chi connectivity index (χ3n) is 11.4. The van der Waals surface area contributed by atoms with Crippen LogP contribution in [0, 0.1) is 0 Å². The number of fused-ring (bicyclic) bond motifs is 7. The van der Waals surface area contributed by atoms with E-state index in [9.17, 15) is 9.60 Å². The van der Waals surface area contributed by atoms with Gasteiger partial charge in [-0.25, -0.2) is 0 Å². The Hall–Kier alpha value is -7.00. The summed E-state index contributed by atoms with van der Waals surface area (Å²) in [5.41, 5.74) is 0.536. The Morgan fingerprint density at radius 1 is 0.475 bits per heavy atom. The van der Waals surface area contributed by atoms with E-state index >= 15 is 0 Å². The summed E-state index contributed by atoms with van der Waals surface area (Å²) in [6.45, 7) is -3.33. The van der Waals surface area contributed by atoms with Crippen LogP contribution in [0.3, 0.4) is 0 Å². The zero-order valence-electron chi connectivity index (χ0n) is 53.7. The Morgan fingerprint density at radius 3 is 1.97 bits per heavy atom. The van der Waals surface area contributed by atoms with Gasteiger partial charge in [0.2, 0.25) is 0 Å². The maximum absolute atomic E-state index is 10.1. The molecule has 59 heavy (non-hydrogen) atoms. The molecule has 0 saturated heterocycles. The predicted molar refractivity (Wildman–Crippen MR) is 251 cm³/mol. The van der Waals surface area contributed by atoms with Gasteiger partial charge in [0, 0.05) is 40.0 Å². The molecule has 2 nitrogen and oxygen atoms in total. The molecule has 0 amide bonds. The predicted octanol–water partition coefficient (Wildman–Crippen LogP) is 15.5. The van der Waals surface area contributed by atoms with E-state index < -0.39 is 160 Å². The normalized spacial score (nSPS) is 19.8. The largest absolute Gasteiger partial charge is 0.310 e. The van der Waals surface area contributed by atoms with Crippen molar-refractivity contribution >= 4 is 39.2 Å². The number of quaternary nitrogens is 1. The van der Waals surface area contributed by atoms with E-state index in [1.807, 2.05) is 48.5 Å². The van der Waals surface area contributed by atoms with Gasteiger partial charge in [0.05, 0.1) is 49.8 Å². The van der Waals surface area contributed by atoms with Crippen LogP contribution in [0.25, 0.3) is 66.4 Å². The fourth-order valence-electron chi connectivity index (χ4n) is 8.54. The minimum atomic E-state index is -3.84. The fraction of sp³-hybridized carbons (Fsp3) is 0.0877. The van der Waals surface area contributed by atoms with E-state index in [-0.39, 0.29) is 11.1 Å². The van der Waals surface area contributed by atoms with Gasteiger partial charge in [-0.2, -0.15) is 0 Å². The monoisotopic (exact) mass is 779 g/mol. The first-order valence-electron chi connectivity index (χ1n) is 29.9. The summed E-state index contributed by atoms with van der Waals surface area (Å²) in [6, 6.07) is 17.4. The second kappa shape index (κ2) is 13.3. The van der Waals surface area contributed by atoms with Crippen LogP contribution in [0.5, 0.6) is 0 Å². The summed E-state index contributed by atoms with van der Waals surface area (Å²) in [4.78, 5) is 0.868. The molecule has 0 saturated carbocycles. The van der Waals surface area contributed by atoms with Gasteiger partial charge in [-0.15, -0.1) is 0 Å². The average molecular weight is 780 g/mol. The van der Waals surface area contributed by atoms with Crippen molar-refractivity contribution in [1.29, 1.82) is 0 Å². The maximum atomic E-state index is 10.1. The van der Waals surface area contributed by atoms with Crippen molar-refractivity contribution in [1.82, 2.24) is 4.48 Å². The molecule has 0 aromatic heterocycles. The first-order valence-corrected chi connectivity index (χ1v) is 18.9. The van der Waals surface area contributed by atoms with E-state index in [0.717, 1.165) is 49.1 Å². The van der Waals surface area contributed by atoms with Crippen molar-refractivity contribution in [2.45, 2.75) is 19.3 Å². The van der Waals surface area contributed by atoms with Crippen molar-refractivity contribution in [3.8, 4) is 55.6 Å². The number of hydrogen-bond acceptors (Lipinski definition) is 1. The van der Waals surface area contributed by atoms with Crippen molar-refractivity contribution in [3.63, 3.8) is 0 Å². The number of nitrogens with zero attached hydrogens (tertiary/aromatic N) is 2. The summed E-state index contributed by atoms with van der Waals surface area (Å²) in [6.07, 6.45) is 0. The summed E-state index contributed by atoms with van der Waals surface area (Å²) >= 11 is 0. The first kappa shape index (κ1) is 19.2. The standard InChI is InChI=1S/C57H45N2/c1-57(2)52-20-12-10-18-48(52)49-34-27-42(36-53(49)57)56-46-17-9-8-16-40(46)26-33-47(56)41-24-30-44(31-25-41)58(43-28-22-39(23-29-43)38-14-6-5-7-15-38)45-32-35-51-50-19-11-13-21-54(50)59(3,4)55(51)37-45/h5-37H,1-4H3/q+1/i3D3,4D3,5D,6D,7D,11D,13D,14D,15D,19D,21D,22D,23D,28D,29D,32D,35D,37D. The molecular formula is C57H45N2+. The highest BCUT2D eigenvalue weighted by Crippen LogP contribution is 2.53. The van der Waals surface area contributed by atoms with Crippen LogP contribution < -0.4 is 9.38 Å². The van der Waals surface area contributed by atoms with E-state index in [1.54, 1.807) is 12.1 Å². The minimum Gasteiger partial charge on any atom is -0.310 e. The van der Waals surface area contributed by atoms with Gasteiger partial charge in [0.25, 0.3) is 0 Å². The fourth-order valence-corrected chi connectivity index (χ4v) is 8.54. The van der Waals surface area contributed by atoms with Gasteiger partial charge in [-0.3, -0.25) is 4.48 Å². The highest BCUT2D eigenvalue weighted by atomic mass is 15.3. The van der Waals surface area contributed by atoms with Crippen molar-refractivity contribution in [2.24, 2.45) is 0 Å². The maximum Gasteiger partial charge on any atom is 0.147 e. The number of anilines is 3. The number of para-hydroxylation sites is 1. The molecule has 282 valence electrons. The Labute approximate surface area is 378 Å². The molecule has 2 heteroatoms. The molecule has 0 unspecified atom stereocenters. The molecule has 0 spiro atoms. The Balaban J connectivity index is 1.21. The molecular weight excluding hydrogens is 713 g/mol. The molecule has 9 aromatic rings. The second-order valence-corrected chi connectivity index (χ2v) is 15.1. The zero-order chi connectivity index (χ0) is 58.8. The summed E-state index contributed by atoms with van der Waals surface area (Å²) in [5.74, 6) is 0. The topological polar surface area (TPSA) is 3.24 Å². The van der Waals surface area contributed by atoms with Crippen LogP contribution in [-0.4, -0.2) is 14.0 Å². The Kier molecular flexibility index (Phi) is 4.31. The summed E-state index contributed by atoms with van der Waals surface area (Å²) in [7, 11) is 0. The van der Waals surface area contributed by atoms with E-state index in [2.05, 4.69) is 44.2 Å². The molecule has 0 radical (unpaired) electrons. The molecule has 0 N–H and O–H groups in total. The lowest BCUT2D eigenvalue weighted by Gasteiger charge is -2.29. The van der Waals surface area contributed by atoms with Crippen molar-refractivity contribution in [2.75, 3.05) is 18.9 Å². The van der Waals surface area contributed by atoms with Crippen LogP contribution in [0.2, 0.25) is 0 Å². The van der Waals surface area contributed by atoms with Gasteiger partial charge in [0.1, 0.15) is 11.4 Å². The van der Waals surface area contributed by atoms with Crippen LogP contribution in [0.1, 0.15) is 55.1 Å². The first-order chi connectivity index (χ1) is 37.9. The quantitative estimate of drug-likeness (QED) is 0.152. The SMILES string of the molecule is [2H]c1c([2H])c([2H])c(-c2c([2H])c([2H])c(N(c3ccc(-c4ccc5ccccc5c4-c4ccc5c(c4)C(C)(C)c4ccccc4-5)cc3)c3c([2H])c([2H])c4c(c3[2H])[N+](C([2H])([2H])[2H])(C([2H])([2H])[2H])c3c([2H])c([2H])c([2H])c([2H])c3-4)c([2H])c2[2H])c([2H])c1[2H]. The van der Waals surface area contributed by atoms with Crippen LogP contribution >= 0.6 is 0 Å². The van der Waals surface area contributed by atoms with Crippen LogP contribution in [0.4, 0.5) is 28.4 Å². The second-order valence-electron chi connectivity index (χ2n) is 15.1. The highest BCUT2D eigenvalue weighted by molar-refractivity contribution is 6.05.